The highest BCUT2D eigenvalue weighted by Crippen LogP contribution is 2.34. The Morgan fingerprint density at radius 3 is 2.77 bits per heavy atom. The van der Waals surface area contributed by atoms with Crippen LogP contribution in [0.25, 0.3) is 11.0 Å². The molecule has 0 atom stereocenters. The third kappa shape index (κ3) is 2.75. The summed E-state index contributed by atoms with van der Waals surface area (Å²) in [5.41, 5.74) is 0.196. The first kappa shape index (κ1) is 16.4. The molecule has 0 aromatic carbocycles. The van der Waals surface area contributed by atoms with Crippen LogP contribution in [-0.2, 0) is 4.79 Å². The smallest absolute Gasteiger partial charge is 0.348 e. The minimum Gasteiger partial charge on any atom is -0.478 e. The quantitative estimate of drug-likeness (QED) is 0.771. The van der Waals surface area contributed by atoms with Gasteiger partial charge in [0.15, 0.2) is 0 Å². The van der Waals surface area contributed by atoms with Crippen molar-refractivity contribution in [2.45, 2.75) is 25.4 Å². The molecular formula is C19H19N3O4. The van der Waals surface area contributed by atoms with E-state index in [-0.39, 0.29) is 0 Å². The zero-order valence-electron chi connectivity index (χ0n) is 14.4. The van der Waals surface area contributed by atoms with Crippen molar-refractivity contribution in [1.82, 2.24) is 9.97 Å². The minimum absolute atomic E-state index is 0.354. The van der Waals surface area contributed by atoms with Crippen molar-refractivity contribution in [1.29, 1.82) is 0 Å². The van der Waals surface area contributed by atoms with E-state index in [0.717, 1.165) is 16.8 Å². The molecule has 0 spiro atoms. The number of hydrogen-bond donors (Lipinski definition) is 1. The minimum atomic E-state index is -1.26. The number of pyridine rings is 2. The molecule has 0 unspecified atom stereocenters. The van der Waals surface area contributed by atoms with Crippen molar-refractivity contribution < 1.29 is 19.1 Å². The first-order valence-corrected chi connectivity index (χ1v) is 8.50. The van der Waals surface area contributed by atoms with E-state index in [1.807, 2.05) is 19.1 Å². The molecule has 3 aromatic rings. The number of fused-ring (bicyclic) bond motifs is 1. The predicted molar refractivity (Wildman–Crippen MR) is 95.4 cm³/mol. The van der Waals surface area contributed by atoms with Gasteiger partial charge in [-0.3, -0.25) is 4.98 Å². The maximum Gasteiger partial charge on any atom is 0.348 e. The van der Waals surface area contributed by atoms with Gasteiger partial charge in [-0.25, -0.2) is 9.78 Å². The number of aryl methyl sites for hydroxylation is 1. The summed E-state index contributed by atoms with van der Waals surface area (Å²) >= 11 is 0. The summed E-state index contributed by atoms with van der Waals surface area (Å²) in [4.78, 5) is 22.7. The number of carboxylic acids is 1. The van der Waals surface area contributed by atoms with Gasteiger partial charge in [-0.1, -0.05) is 0 Å². The molecule has 0 aliphatic carbocycles. The number of carboxylic acid groups (broad SMARTS) is 1. The Morgan fingerprint density at radius 2 is 2.04 bits per heavy atom. The molecule has 0 saturated carbocycles. The van der Waals surface area contributed by atoms with E-state index in [1.54, 1.807) is 30.8 Å². The van der Waals surface area contributed by atoms with Crippen molar-refractivity contribution in [2.24, 2.45) is 0 Å². The highest BCUT2D eigenvalue weighted by atomic mass is 16.5. The average molecular weight is 353 g/mol. The Bertz CT molecular complexity index is 945. The van der Waals surface area contributed by atoms with Gasteiger partial charge in [-0.2, -0.15) is 0 Å². The molecule has 1 aliphatic rings. The van der Waals surface area contributed by atoms with Crippen LogP contribution in [0.4, 0.5) is 5.82 Å². The lowest BCUT2D eigenvalue weighted by Gasteiger charge is -2.39. The second-order valence-electron chi connectivity index (χ2n) is 6.44. The third-order valence-corrected chi connectivity index (χ3v) is 4.88. The molecule has 1 saturated heterocycles. The number of hydrogen-bond acceptors (Lipinski definition) is 6. The van der Waals surface area contributed by atoms with Gasteiger partial charge >= 0.3 is 5.97 Å². The molecule has 1 N–H and O–H groups in total. The topological polar surface area (TPSA) is 88.7 Å². The Labute approximate surface area is 150 Å². The van der Waals surface area contributed by atoms with Crippen LogP contribution in [0.15, 0.2) is 47.3 Å². The molecule has 0 bridgehead atoms. The molecular weight excluding hydrogens is 334 g/mol. The van der Waals surface area contributed by atoms with Crippen LogP contribution in [0.3, 0.4) is 0 Å². The van der Waals surface area contributed by atoms with Gasteiger partial charge in [-0.05, 0) is 31.2 Å². The summed E-state index contributed by atoms with van der Waals surface area (Å²) in [7, 11) is 0. The van der Waals surface area contributed by atoms with Crippen LogP contribution >= 0.6 is 0 Å². The van der Waals surface area contributed by atoms with Crippen LogP contribution < -0.4 is 9.64 Å². The molecule has 4 rings (SSSR count). The van der Waals surface area contributed by atoms with E-state index in [2.05, 4.69) is 14.9 Å². The summed E-state index contributed by atoms with van der Waals surface area (Å²) in [5.74, 6) is 0.376. The fourth-order valence-electron chi connectivity index (χ4n) is 3.36. The molecule has 7 heteroatoms. The molecule has 134 valence electrons. The van der Waals surface area contributed by atoms with Crippen molar-refractivity contribution >= 4 is 22.8 Å². The Hall–Kier alpha value is -3.09. The lowest BCUT2D eigenvalue weighted by atomic mass is 9.91. The van der Waals surface area contributed by atoms with E-state index < -0.39 is 11.6 Å². The molecule has 7 nitrogen and oxygen atoms in total. The Kier molecular flexibility index (Phi) is 3.99. The number of furan rings is 1. The summed E-state index contributed by atoms with van der Waals surface area (Å²) in [6.07, 6.45) is 5.71. The van der Waals surface area contributed by atoms with Crippen molar-refractivity contribution in [3.8, 4) is 5.75 Å². The van der Waals surface area contributed by atoms with E-state index in [9.17, 15) is 9.90 Å². The lowest BCUT2D eigenvalue weighted by molar-refractivity contribution is -0.157. The highest BCUT2D eigenvalue weighted by molar-refractivity contribution is 5.88. The number of ether oxygens (including phenoxy) is 1. The second kappa shape index (κ2) is 6.33. The van der Waals surface area contributed by atoms with E-state index >= 15 is 0 Å². The molecule has 1 aliphatic heterocycles. The maximum absolute atomic E-state index is 12.0. The van der Waals surface area contributed by atoms with E-state index in [0.29, 0.717) is 37.4 Å². The monoisotopic (exact) mass is 353 g/mol. The van der Waals surface area contributed by atoms with Crippen LogP contribution in [0.2, 0.25) is 0 Å². The van der Waals surface area contributed by atoms with Gasteiger partial charge in [0, 0.05) is 38.3 Å². The number of aliphatic carboxylic acids is 1. The van der Waals surface area contributed by atoms with Gasteiger partial charge < -0.3 is 19.2 Å². The number of piperidine rings is 1. The molecule has 0 radical (unpaired) electrons. The van der Waals surface area contributed by atoms with Crippen molar-refractivity contribution in [3.05, 3.63) is 48.6 Å². The fraction of sp³-hybridized carbons (Fsp3) is 0.316. The van der Waals surface area contributed by atoms with Gasteiger partial charge in [0.2, 0.25) is 5.60 Å². The molecule has 26 heavy (non-hydrogen) atoms. The summed E-state index contributed by atoms with van der Waals surface area (Å²) in [6, 6.07) is 7.20. The molecule has 0 amide bonds. The standard InChI is InChI=1S/C19H19N3O4/c1-13-15(3-2-8-20-13)26-19(18(23)24)6-10-22(11-7-19)17-14-5-12-25-16(14)4-9-21-17/h2-5,8-9,12H,6-7,10-11H2,1H3,(H,23,24). The average Bonchev–Trinajstić information content (AvgIpc) is 3.13. The third-order valence-electron chi connectivity index (χ3n) is 4.88. The maximum atomic E-state index is 12.0. The highest BCUT2D eigenvalue weighted by Gasteiger charge is 2.44. The fourth-order valence-corrected chi connectivity index (χ4v) is 3.36. The number of rotatable bonds is 4. The van der Waals surface area contributed by atoms with Gasteiger partial charge in [0.1, 0.15) is 17.2 Å². The molecule has 1 fully saturated rings. The van der Waals surface area contributed by atoms with E-state index in [1.165, 1.54) is 0 Å². The lowest BCUT2D eigenvalue weighted by Crippen LogP contribution is -2.53. The van der Waals surface area contributed by atoms with E-state index in [4.69, 9.17) is 9.15 Å². The van der Waals surface area contributed by atoms with Crippen LogP contribution in [0.1, 0.15) is 18.5 Å². The predicted octanol–water partition coefficient (Wildman–Crippen LogP) is 3.03. The summed E-state index contributed by atoms with van der Waals surface area (Å²) < 4.78 is 11.4. The number of aromatic nitrogens is 2. The van der Waals surface area contributed by atoms with Gasteiger partial charge in [0.05, 0.1) is 17.3 Å². The zero-order valence-corrected chi connectivity index (χ0v) is 14.4. The summed E-state index contributed by atoms with van der Waals surface area (Å²) in [6.45, 7) is 2.87. The van der Waals surface area contributed by atoms with Crippen molar-refractivity contribution in [2.75, 3.05) is 18.0 Å². The van der Waals surface area contributed by atoms with Crippen LogP contribution in [0.5, 0.6) is 5.75 Å². The van der Waals surface area contributed by atoms with Gasteiger partial charge in [-0.15, -0.1) is 0 Å². The van der Waals surface area contributed by atoms with Crippen LogP contribution in [0, 0.1) is 6.92 Å². The number of anilines is 1. The number of nitrogens with zero attached hydrogens (tertiary/aromatic N) is 3. The van der Waals surface area contributed by atoms with Gasteiger partial charge in [0.25, 0.3) is 0 Å². The van der Waals surface area contributed by atoms with Crippen molar-refractivity contribution in [3.63, 3.8) is 0 Å². The summed E-state index contributed by atoms with van der Waals surface area (Å²) in [5, 5.41) is 10.8. The second-order valence-corrected chi connectivity index (χ2v) is 6.44. The first-order chi connectivity index (χ1) is 12.6. The molecule has 4 heterocycles. The Balaban J connectivity index is 1.57. The molecule has 3 aromatic heterocycles. The largest absolute Gasteiger partial charge is 0.478 e. The zero-order chi connectivity index (χ0) is 18.1. The first-order valence-electron chi connectivity index (χ1n) is 8.50. The number of carbonyl (C=O) groups is 1. The van der Waals surface area contributed by atoms with Crippen LogP contribution in [-0.4, -0.2) is 39.7 Å². The SMILES string of the molecule is Cc1ncccc1OC1(C(=O)O)CCN(c2nccc3occc23)CC1. The normalized spacial score (nSPS) is 16.6. The Morgan fingerprint density at radius 1 is 1.23 bits per heavy atom.